The second-order valence-electron chi connectivity index (χ2n) is 2.51. The third-order valence-corrected chi connectivity index (χ3v) is 1.56. The van der Waals surface area contributed by atoms with Crippen molar-refractivity contribution >= 4 is 0 Å². The molecular formula is C9H18O. The van der Waals surface area contributed by atoms with Crippen LogP contribution in [-0.2, 0) is 4.74 Å². The Morgan fingerprint density at radius 2 is 2.10 bits per heavy atom. The smallest absolute Gasteiger partial charge is 0.0884 e. The maximum absolute atomic E-state index is 4.99. The minimum Gasteiger partial charge on any atom is -0.502 e. The molecule has 0 heterocycles. The Labute approximate surface area is 64.1 Å². The fourth-order valence-corrected chi connectivity index (χ4v) is 0.783. The Bertz CT molecular complexity index is 94.9. The summed E-state index contributed by atoms with van der Waals surface area (Å²) in [5.74, 6) is 1.04. The van der Waals surface area contributed by atoms with Crippen LogP contribution >= 0.6 is 0 Å². The minimum absolute atomic E-state index is 1.04. The van der Waals surface area contributed by atoms with Gasteiger partial charge in [-0.25, -0.2) is 0 Å². The molecule has 10 heavy (non-hydrogen) atoms. The zero-order valence-corrected chi connectivity index (χ0v) is 7.31. The number of ether oxygens (including phenoxy) is 1. The van der Waals surface area contributed by atoms with E-state index in [1.807, 2.05) is 6.92 Å². The van der Waals surface area contributed by atoms with Gasteiger partial charge in [-0.3, -0.25) is 0 Å². The summed E-state index contributed by atoms with van der Waals surface area (Å²) in [7, 11) is 1.71. The summed E-state index contributed by atoms with van der Waals surface area (Å²) in [6.07, 6.45) is 7.22. The predicted octanol–water partition coefficient (Wildman–Crippen LogP) is 3.12. The first-order valence-electron chi connectivity index (χ1n) is 4.02. The second-order valence-corrected chi connectivity index (χ2v) is 2.51. The van der Waals surface area contributed by atoms with Crippen LogP contribution in [0.5, 0.6) is 0 Å². The molecule has 0 radical (unpaired) electrons. The van der Waals surface area contributed by atoms with Crippen molar-refractivity contribution in [2.45, 2.75) is 39.5 Å². The number of rotatable bonds is 5. The molecule has 0 rings (SSSR count). The van der Waals surface area contributed by atoms with Gasteiger partial charge in [0.15, 0.2) is 0 Å². The van der Waals surface area contributed by atoms with Crippen molar-refractivity contribution in [3.63, 3.8) is 0 Å². The zero-order valence-electron chi connectivity index (χ0n) is 7.31. The third-order valence-electron chi connectivity index (χ3n) is 1.56. The molecule has 0 spiro atoms. The highest BCUT2D eigenvalue weighted by Gasteiger charge is 1.85. The summed E-state index contributed by atoms with van der Waals surface area (Å²) in [6.45, 7) is 4.21. The van der Waals surface area contributed by atoms with Gasteiger partial charge in [0.25, 0.3) is 0 Å². The van der Waals surface area contributed by atoms with Gasteiger partial charge in [0, 0.05) is 0 Å². The highest BCUT2D eigenvalue weighted by atomic mass is 16.5. The monoisotopic (exact) mass is 142 g/mol. The van der Waals surface area contributed by atoms with E-state index in [1.165, 1.54) is 19.3 Å². The molecule has 0 aromatic heterocycles. The van der Waals surface area contributed by atoms with E-state index < -0.39 is 0 Å². The maximum Gasteiger partial charge on any atom is 0.0884 e. The number of unbranched alkanes of at least 4 members (excludes halogenated alkanes) is 3. The molecule has 0 aliphatic rings. The average Bonchev–Trinajstić information content (AvgIpc) is 1.98. The first-order chi connectivity index (χ1) is 4.81. The highest BCUT2D eigenvalue weighted by molar-refractivity contribution is 4.87. The summed E-state index contributed by atoms with van der Waals surface area (Å²) >= 11 is 0. The molecule has 1 nitrogen and oxygen atoms in total. The normalized spacial score (nSPS) is 11.7. The van der Waals surface area contributed by atoms with E-state index in [4.69, 9.17) is 4.74 Å². The number of allylic oxidation sites excluding steroid dienone is 2. The van der Waals surface area contributed by atoms with Gasteiger partial charge in [-0.05, 0) is 25.8 Å². The molecular weight excluding hydrogens is 124 g/mol. The molecule has 0 aromatic rings. The molecule has 0 fully saturated rings. The SMILES string of the molecule is CCCCC/C=C(\C)OC. The van der Waals surface area contributed by atoms with Crippen molar-refractivity contribution < 1.29 is 4.74 Å². The summed E-state index contributed by atoms with van der Waals surface area (Å²) in [6, 6.07) is 0. The van der Waals surface area contributed by atoms with Crippen molar-refractivity contribution in [3.8, 4) is 0 Å². The van der Waals surface area contributed by atoms with Gasteiger partial charge in [0.1, 0.15) is 0 Å². The molecule has 0 unspecified atom stereocenters. The Morgan fingerprint density at radius 1 is 1.40 bits per heavy atom. The van der Waals surface area contributed by atoms with Crippen molar-refractivity contribution in [1.29, 1.82) is 0 Å². The van der Waals surface area contributed by atoms with E-state index in [-0.39, 0.29) is 0 Å². The maximum atomic E-state index is 4.99. The molecule has 0 aliphatic carbocycles. The molecule has 0 atom stereocenters. The fraction of sp³-hybridized carbons (Fsp3) is 0.778. The summed E-state index contributed by atoms with van der Waals surface area (Å²) < 4.78 is 4.99. The summed E-state index contributed by atoms with van der Waals surface area (Å²) in [4.78, 5) is 0. The molecule has 0 aliphatic heterocycles. The lowest BCUT2D eigenvalue weighted by atomic mass is 10.2. The van der Waals surface area contributed by atoms with Crippen LogP contribution in [0.2, 0.25) is 0 Å². The minimum atomic E-state index is 1.04. The van der Waals surface area contributed by atoms with Crippen LogP contribution in [0.15, 0.2) is 11.8 Å². The molecule has 0 bridgehead atoms. The van der Waals surface area contributed by atoms with E-state index >= 15 is 0 Å². The summed E-state index contributed by atoms with van der Waals surface area (Å²) in [5.41, 5.74) is 0. The molecule has 1 heteroatoms. The number of methoxy groups -OCH3 is 1. The number of hydrogen-bond donors (Lipinski definition) is 0. The first kappa shape index (κ1) is 9.54. The van der Waals surface area contributed by atoms with Crippen LogP contribution in [-0.4, -0.2) is 7.11 Å². The van der Waals surface area contributed by atoms with Crippen LogP contribution in [0.4, 0.5) is 0 Å². The van der Waals surface area contributed by atoms with E-state index in [0.29, 0.717) is 0 Å². The predicted molar refractivity (Wildman–Crippen MR) is 44.9 cm³/mol. The van der Waals surface area contributed by atoms with Crippen molar-refractivity contribution in [2.75, 3.05) is 7.11 Å². The number of hydrogen-bond acceptors (Lipinski definition) is 1. The van der Waals surface area contributed by atoms with Crippen LogP contribution in [0, 0.1) is 0 Å². The fourth-order valence-electron chi connectivity index (χ4n) is 0.783. The molecule has 0 amide bonds. The van der Waals surface area contributed by atoms with E-state index in [9.17, 15) is 0 Å². The lowest BCUT2D eigenvalue weighted by Crippen LogP contribution is -1.79. The standard InChI is InChI=1S/C9H18O/c1-4-5-6-7-8-9(2)10-3/h8H,4-7H2,1-3H3/b9-8+. The molecule has 0 saturated carbocycles. The largest absolute Gasteiger partial charge is 0.502 e. The summed E-state index contributed by atoms with van der Waals surface area (Å²) in [5, 5.41) is 0. The Hall–Kier alpha value is -0.460. The second kappa shape index (κ2) is 6.66. The molecule has 0 aromatic carbocycles. The van der Waals surface area contributed by atoms with Gasteiger partial charge < -0.3 is 4.74 Å². The molecule has 60 valence electrons. The zero-order chi connectivity index (χ0) is 7.82. The average molecular weight is 142 g/mol. The van der Waals surface area contributed by atoms with Crippen LogP contribution in [0.3, 0.4) is 0 Å². The van der Waals surface area contributed by atoms with Crippen molar-refractivity contribution in [3.05, 3.63) is 11.8 Å². The third kappa shape index (κ3) is 5.67. The van der Waals surface area contributed by atoms with Gasteiger partial charge in [-0.1, -0.05) is 19.8 Å². The van der Waals surface area contributed by atoms with Crippen LogP contribution in [0.1, 0.15) is 39.5 Å². The van der Waals surface area contributed by atoms with E-state index in [2.05, 4.69) is 13.0 Å². The topological polar surface area (TPSA) is 9.23 Å². The van der Waals surface area contributed by atoms with Crippen molar-refractivity contribution in [2.24, 2.45) is 0 Å². The van der Waals surface area contributed by atoms with Gasteiger partial charge in [0.2, 0.25) is 0 Å². The Balaban J connectivity index is 3.16. The molecule has 0 saturated heterocycles. The first-order valence-corrected chi connectivity index (χ1v) is 4.02. The lowest BCUT2D eigenvalue weighted by molar-refractivity contribution is 0.291. The lowest BCUT2D eigenvalue weighted by Gasteiger charge is -1.97. The molecule has 0 N–H and O–H groups in total. The Kier molecular flexibility index (Phi) is 6.35. The van der Waals surface area contributed by atoms with Gasteiger partial charge >= 0.3 is 0 Å². The van der Waals surface area contributed by atoms with Gasteiger partial charge in [-0.15, -0.1) is 0 Å². The van der Waals surface area contributed by atoms with Crippen LogP contribution in [0.25, 0.3) is 0 Å². The quantitative estimate of drug-likeness (QED) is 0.423. The van der Waals surface area contributed by atoms with E-state index in [0.717, 1.165) is 12.2 Å². The van der Waals surface area contributed by atoms with Gasteiger partial charge in [0.05, 0.1) is 12.9 Å². The van der Waals surface area contributed by atoms with Crippen molar-refractivity contribution in [1.82, 2.24) is 0 Å². The van der Waals surface area contributed by atoms with Crippen LogP contribution < -0.4 is 0 Å². The van der Waals surface area contributed by atoms with E-state index in [1.54, 1.807) is 7.11 Å². The Morgan fingerprint density at radius 3 is 2.60 bits per heavy atom. The highest BCUT2D eigenvalue weighted by Crippen LogP contribution is 2.02. The van der Waals surface area contributed by atoms with Gasteiger partial charge in [-0.2, -0.15) is 0 Å².